The van der Waals surface area contributed by atoms with Gasteiger partial charge in [0.25, 0.3) is 0 Å². The summed E-state index contributed by atoms with van der Waals surface area (Å²) in [6, 6.07) is 19.3. The summed E-state index contributed by atoms with van der Waals surface area (Å²) in [5, 5.41) is 0. The number of carbonyl (C=O) groups excluding carboxylic acids is 2. The Hall–Kier alpha value is -2.86. The molecule has 5 rings (SSSR count). The van der Waals surface area contributed by atoms with Crippen LogP contribution >= 0.6 is 0 Å². The van der Waals surface area contributed by atoms with Gasteiger partial charge in [0.15, 0.2) is 0 Å². The summed E-state index contributed by atoms with van der Waals surface area (Å²) in [5.74, 6) is 0.388. The number of piperazine rings is 1. The minimum Gasteiger partial charge on any atom is -0.368 e. The van der Waals surface area contributed by atoms with Crippen molar-refractivity contribution >= 4 is 17.5 Å². The third-order valence-electron chi connectivity index (χ3n) is 8.84. The van der Waals surface area contributed by atoms with Crippen LogP contribution in [0.1, 0.15) is 64.2 Å². The van der Waals surface area contributed by atoms with Crippen LogP contribution in [0.3, 0.4) is 0 Å². The van der Waals surface area contributed by atoms with Gasteiger partial charge in [-0.15, -0.1) is 0 Å². The molecule has 210 valence electrons. The minimum atomic E-state index is -0.200. The zero-order valence-corrected chi connectivity index (χ0v) is 23.6. The van der Waals surface area contributed by atoms with Gasteiger partial charge in [0.1, 0.15) is 6.04 Å². The molecule has 3 fully saturated rings. The molecule has 0 radical (unpaired) electrons. The van der Waals surface area contributed by atoms with Gasteiger partial charge in [0.05, 0.1) is 0 Å². The number of para-hydroxylation sites is 1. The van der Waals surface area contributed by atoms with Gasteiger partial charge in [-0.1, -0.05) is 61.4 Å². The SMILES string of the molecule is O=C([C@@H]1CCCN1C(=O)CCCCCCN1CCN(c2ccccc2-c2ccccc2)CC1)N1CCCCC1. The smallest absolute Gasteiger partial charge is 0.245 e. The summed E-state index contributed by atoms with van der Waals surface area (Å²) in [7, 11) is 0. The molecule has 0 unspecified atom stereocenters. The van der Waals surface area contributed by atoms with Crippen LogP contribution in [0.2, 0.25) is 0 Å². The highest BCUT2D eigenvalue weighted by molar-refractivity contribution is 5.88. The third kappa shape index (κ3) is 7.21. The molecule has 2 aromatic carbocycles. The van der Waals surface area contributed by atoms with E-state index in [1.54, 1.807) is 0 Å². The molecule has 0 aliphatic carbocycles. The van der Waals surface area contributed by atoms with Crippen molar-refractivity contribution in [2.45, 2.75) is 70.3 Å². The predicted octanol–water partition coefficient (Wildman–Crippen LogP) is 5.43. The Kier molecular flexibility index (Phi) is 9.92. The monoisotopic (exact) mass is 530 g/mol. The normalized spacial score (nSPS) is 20.4. The lowest BCUT2D eigenvalue weighted by Gasteiger charge is -2.37. The summed E-state index contributed by atoms with van der Waals surface area (Å²) < 4.78 is 0. The van der Waals surface area contributed by atoms with E-state index in [2.05, 4.69) is 64.4 Å². The number of carbonyl (C=O) groups is 2. The molecule has 0 bridgehead atoms. The van der Waals surface area contributed by atoms with Crippen LogP contribution in [0.15, 0.2) is 54.6 Å². The van der Waals surface area contributed by atoms with Gasteiger partial charge in [0.2, 0.25) is 11.8 Å². The van der Waals surface area contributed by atoms with E-state index in [9.17, 15) is 9.59 Å². The van der Waals surface area contributed by atoms with Gasteiger partial charge >= 0.3 is 0 Å². The van der Waals surface area contributed by atoms with Crippen molar-refractivity contribution < 1.29 is 9.59 Å². The standard InChI is InChI=1S/C33H46N4O2/c38-32(37-23-13-18-31(37)33(39)36-21-11-4-12-22-36)19-7-1-2-10-20-34-24-26-35(27-25-34)30-17-9-8-16-29(30)28-14-5-3-6-15-28/h3,5-6,8-9,14-17,31H,1-2,4,7,10-13,18-27H2/t31-/m0/s1. The molecule has 3 aliphatic heterocycles. The van der Waals surface area contributed by atoms with Gasteiger partial charge in [-0.2, -0.15) is 0 Å². The van der Waals surface area contributed by atoms with E-state index < -0.39 is 0 Å². The molecule has 3 saturated heterocycles. The first-order valence-electron chi connectivity index (χ1n) is 15.4. The molecule has 39 heavy (non-hydrogen) atoms. The topological polar surface area (TPSA) is 47.1 Å². The Labute approximate surface area is 234 Å². The molecule has 2 amide bonds. The molecular formula is C33H46N4O2. The highest BCUT2D eigenvalue weighted by Gasteiger charge is 2.36. The van der Waals surface area contributed by atoms with E-state index in [4.69, 9.17) is 0 Å². The van der Waals surface area contributed by atoms with Crippen LogP contribution in [0.5, 0.6) is 0 Å². The molecule has 1 atom stereocenters. The Balaban J connectivity index is 0.981. The first-order chi connectivity index (χ1) is 19.2. The number of likely N-dealkylation sites (tertiary alicyclic amines) is 2. The van der Waals surface area contributed by atoms with Crippen molar-refractivity contribution in [3.05, 3.63) is 54.6 Å². The van der Waals surface area contributed by atoms with Crippen LogP contribution < -0.4 is 4.90 Å². The molecular weight excluding hydrogens is 484 g/mol. The number of benzene rings is 2. The van der Waals surface area contributed by atoms with Gasteiger partial charge < -0.3 is 14.7 Å². The lowest BCUT2D eigenvalue weighted by atomic mass is 10.0. The largest absolute Gasteiger partial charge is 0.368 e. The maximum absolute atomic E-state index is 13.0. The van der Waals surface area contributed by atoms with E-state index in [0.29, 0.717) is 6.42 Å². The van der Waals surface area contributed by atoms with Crippen molar-refractivity contribution in [1.82, 2.24) is 14.7 Å². The van der Waals surface area contributed by atoms with Crippen molar-refractivity contribution in [3.63, 3.8) is 0 Å². The molecule has 0 saturated carbocycles. The number of hydrogen-bond acceptors (Lipinski definition) is 4. The number of anilines is 1. The number of unbranched alkanes of at least 4 members (excludes halogenated alkanes) is 3. The molecule has 3 aliphatic rings. The highest BCUT2D eigenvalue weighted by atomic mass is 16.2. The molecule has 2 aromatic rings. The Morgan fingerprint density at radius 2 is 1.41 bits per heavy atom. The zero-order chi connectivity index (χ0) is 26.9. The van der Waals surface area contributed by atoms with Crippen molar-refractivity contribution in [3.8, 4) is 11.1 Å². The lowest BCUT2D eigenvalue weighted by Crippen LogP contribution is -2.49. The van der Waals surface area contributed by atoms with Gasteiger partial charge in [-0.05, 0) is 63.1 Å². The van der Waals surface area contributed by atoms with Crippen LogP contribution in [-0.2, 0) is 9.59 Å². The van der Waals surface area contributed by atoms with Crippen LogP contribution in [0, 0.1) is 0 Å². The number of amides is 2. The molecule has 0 N–H and O–H groups in total. The first-order valence-corrected chi connectivity index (χ1v) is 15.4. The van der Waals surface area contributed by atoms with Crippen molar-refractivity contribution in [1.29, 1.82) is 0 Å². The number of rotatable bonds is 10. The molecule has 6 heteroatoms. The Morgan fingerprint density at radius 1 is 0.692 bits per heavy atom. The number of nitrogens with zero attached hydrogens (tertiary/aromatic N) is 4. The maximum atomic E-state index is 13.0. The Morgan fingerprint density at radius 3 is 2.21 bits per heavy atom. The third-order valence-corrected chi connectivity index (χ3v) is 8.84. The van der Waals surface area contributed by atoms with Gasteiger partial charge in [-0.25, -0.2) is 0 Å². The van der Waals surface area contributed by atoms with E-state index >= 15 is 0 Å². The zero-order valence-electron chi connectivity index (χ0n) is 23.6. The summed E-state index contributed by atoms with van der Waals surface area (Å²) in [5.41, 5.74) is 3.94. The second kappa shape index (κ2) is 14.0. The number of piperidine rings is 1. The van der Waals surface area contributed by atoms with Crippen LogP contribution in [0.25, 0.3) is 11.1 Å². The average molecular weight is 531 g/mol. The van der Waals surface area contributed by atoms with E-state index in [1.165, 1.54) is 36.1 Å². The Bertz CT molecular complexity index is 1060. The first kappa shape index (κ1) is 27.7. The second-order valence-electron chi connectivity index (χ2n) is 11.5. The molecule has 3 heterocycles. The summed E-state index contributed by atoms with van der Waals surface area (Å²) in [6.45, 7) is 7.95. The van der Waals surface area contributed by atoms with E-state index in [0.717, 1.165) is 90.9 Å². The summed E-state index contributed by atoms with van der Waals surface area (Å²) in [4.78, 5) is 34.9. The van der Waals surface area contributed by atoms with E-state index in [1.807, 2.05) is 9.80 Å². The van der Waals surface area contributed by atoms with Gasteiger partial charge in [-0.3, -0.25) is 14.5 Å². The number of hydrogen-bond donors (Lipinski definition) is 0. The summed E-state index contributed by atoms with van der Waals surface area (Å²) in [6.07, 6.45) is 10.2. The van der Waals surface area contributed by atoms with Gasteiger partial charge in [0, 0.05) is 63.5 Å². The average Bonchev–Trinajstić information content (AvgIpc) is 3.50. The van der Waals surface area contributed by atoms with Crippen LogP contribution in [0.4, 0.5) is 5.69 Å². The fourth-order valence-electron chi connectivity index (χ4n) is 6.58. The van der Waals surface area contributed by atoms with Crippen molar-refractivity contribution in [2.75, 3.05) is 57.3 Å². The quantitative estimate of drug-likeness (QED) is 0.385. The fourth-order valence-corrected chi connectivity index (χ4v) is 6.58. The minimum absolute atomic E-state index is 0.190. The highest BCUT2D eigenvalue weighted by Crippen LogP contribution is 2.31. The maximum Gasteiger partial charge on any atom is 0.245 e. The molecule has 0 spiro atoms. The van der Waals surface area contributed by atoms with Crippen LogP contribution in [-0.4, -0.2) is 84.9 Å². The fraction of sp³-hybridized carbons (Fsp3) is 0.576. The second-order valence-corrected chi connectivity index (χ2v) is 11.5. The van der Waals surface area contributed by atoms with Crippen molar-refractivity contribution in [2.24, 2.45) is 0 Å². The molecule has 6 nitrogen and oxygen atoms in total. The van der Waals surface area contributed by atoms with E-state index in [-0.39, 0.29) is 17.9 Å². The predicted molar refractivity (Wildman–Crippen MR) is 159 cm³/mol. The summed E-state index contributed by atoms with van der Waals surface area (Å²) >= 11 is 0. The molecule has 0 aromatic heterocycles. The lowest BCUT2D eigenvalue weighted by molar-refractivity contribution is -0.144.